The van der Waals surface area contributed by atoms with Gasteiger partial charge in [-0.1, -0.05) is 0 Å². The lowest BCUT2D eigenvalue weighted by Crippen LogP contribution is -2.34. The topological polar surface area (TPSA) is 91.6 Å². The molecule has 0 aromatic carbocycles. The van der Waals surface area contributed by atoms with Crippen molar-refractivity contribution in [3.8, 4) is 0 Å². The predicted octanol–water partition coefficient (Wildman–Crippen LogP) is 0.144. The first kappa shape index (κ1) is 14.6. The van der Waals surface area contributed by atoms with Crippen LogP contribution in [0, 0.1) is 0 Å². The Kier molecular flexibility index (Phi) is 4.43. The smallest absolute Gasteiger partial charge is 0.257 e. The molecule has 2 amide bonds. The predicted molar refractivity (Wildman–Crippen MR) is 79.0 cm³/mol. The Morgan fingerprint density at radius 3 is 2.70 bits per heavy atom. The number of nitrogens with two attached hydrogens (primary N) is 1. The van der Waals surface area contributed by atoms with Gasteiger partial charge in [-0.15, -0.1) is 0 Å². The van der Waals surface area contributed by atoms with Crippen molar-refractivity contribution < 1.29 is 9.59 Å². The third kappa shape index (κ3) is 2.84. The molecule has 2 heterocycles. The normalized spacial score (nSPS) is 15.9. The molecule has 1 aliphatic heterocycles. The molecule has 8 heteroatoms. The van der Waals surface area contributed by atoms with Crippen LogP contribution in [-0.2, 0) is 4.79 Å². The molecule has 1 aromatic rings. The van der Waals surface area contributed by atoms with E-state index in [9.17, 15) is 9.59 Å². The fourth-order valence-corrected chi connectivity index (χ4v) is 3.15. The van der Waals surface area contributed by atoms with Gasteiger partial charge in [-0.2, -0.15) is 4.37 Å². The Morgan fingerprint density at radius 2 is 2.05 bits per heavy atom. The van der Waals surface area contributed by atoms with Crippen LogP contribution in [0.15, 0.2) is 0 Å². The van der Waals surface area contributed by atoms with Crippen molar-refractivity contribution in [2.45, 2.75) is 13.3 Å². The zero-order chi connectivity index (χ0) is 14.7. The molecule has 1 saturated heterocycles. The Labute approximate surface area is 121 Å². The van der Waals surface area contributed by atoms with Gasteiger partial charge in [-0.25, -0.2) is 0 Å². The van der Waals surface area contributed by atoms with E-state index in [4.69, 9.17) is 5.73 Å². The fraction of sp³-hybridized carbons (Fsp3) is 0.583. The molecule has 110 valence electrons. The standard InChI is InChI=1S/C12H19N5O2S/c1-8(18)16-4-3-5-17(7-6-16)12-9(11(19)14-2)10(13)15-20-12/h3-7H2,1-2H3,(H2,13,15)(H,14,19). The van der Waals surface area contributed by atoms with E-state index in [0.29, 0.717) is 18.7 Å². The largest absolute Gasteiger partial charge is 0.382 e. The van der Waals surface area contributed by atoms with E-state index in [0.717, 1.165) is 24.5 Å². The summed E-state index contributed by atoms with van der Waals surface area (Å²) in [5, 5.41) is 3.37. The molecule has 0 radical (unpaired) electrons. The maximum atomic E-state index is 11.9. The first-order chi connectivity index (χ1) is 9.54. The SMILES string of the molecule is CNC(=O)c1c(N)nsc1N1CCCN(C(C)=O)CC1. The highest BCUT2D eigenvalue weighted by Crippen LogP contribution is 2.31. The number of nitrogens with zero attached hydrogens (tertiary/aromatic N) is 3. The summed E-state index contributed by atoms with van der Waals surface area (Å²) in [4.78, 5) is 27.2. The van der Waals surface area contributed by atoms with Gasteiger partial charge in [0.05, 0.1) is 0 Å². The van der Waals surface area contributed by atoms with E-state index in [1.807, 2.05) is 4.90 Å². The molecule has 1 fully saturated rings. The molecule has 0 atom stereocenters. The summed E-state index contributed by atoms with van der Waals surface area (Å²) >= 11 is 1.23. The van der Waals surface area contributed by atoms with E-state index >= 15 is 0 Å². The van der Waals surface area contributed by atoms with Crippen LogP contribution >= 0.6 is 11.5 Å². The average Bonchev–Trinajstić information content (AvgIpc) is 2.65. The summed E-state index contributed by atoms with van der Waals surface area (Å²) in [5.74, 6) is 0.123. The number of hydrogen-bond acceptors (Lipinski definition) is 6. The number of aromatic nitrogens is 1. The number of carbonyl (C=O) groups is 2. The number of carbonyl (C=O) groups excluding carboxylic acids is 2. The molecular weight excluding hydrogens is 278 g/mol. The van der Waals surface area contributed by atoms with Gasteiger partial charge in [0.1, 0.15) is 10.6 Å². The zero-order valence-corrected chi connectivity index (χ0v) is 12.5. The molecule has 0 spiro atoms. The minimum atomic E-state index is -0.223. The Balaban J connectivity index is 2.20. The van der Waals surface area contributed by atoms with Crippen LogP contribution in [0.5, 0.6) is 0 Å². The minimum Gasteiger partial charge on any atom is -0.382 e. The summed E-state index contributed by atoms with van der Waals surface area (Å²) in [6, 6.07) is 0. The Bertz CT molecular complexity index is 516. The number of anilines is 2. The number of nitrogens with one attached hydrogen (secondary N) is 1. The van der Waals surface area contributed by atoms with Gasteiger partial charge in [0.25, 0.3) is 5.91 Å². The summed E-state index contributed by atoms with van der Waals surface area (Å²) in [5.41, 5.74) is 6.23. The molecule has 0 aliphatic carbocycles. The van der Waals surface area contributed by atoms with Crippen LogP contribution in [0.1, 0.15) is 23.7 Å². The lowest BCUT2D eigenvalue weighted by Gasteiger charge is -2.22. The van der Waals surface area contributed by atoms with E-state index in [1.54, 1.807) is 14.0 Å². The quantitative estimate of drug-likeness (QED) is 0.810. The van der Waals surface area contributed by atoms with Gasteiger partial charge < -0.3 is 20.9 Å². The molecule has 0 saturated carbocycles. The monoisotopic (exact) mass is 297 g/mol. The summed E-state index contributed by atoms with van der Waals surface area (Å²) in [7, 11) is 1.57. The van der Waals surface area contributed by atoms with Gasteiger partial charge in [-0.05, 0) is 18.0 Å². The van der Waals surface area contributed by atoms with Gasteiger partial charge in [-0.3, -0.25) is 9.59 Å². The van der Waals surface area contributed by atoms with Gasteiger partial charge >= 0.3 is 0 Å². The molecule has 3 N–H and O–H groups in total. The highest BCUT2D eigenvalue weighted by molar-refractivity contribution is 7.11. The molecule has 2 rings (SSSR count). The number of nitrogen functional groups attached to an aromatic ring is 1. The molecule has 0 unspecified atom stereocenters. The van der Waals surface area contributed by atoms with E-state index in [1.165, 1.54) is 11.5 Å². The Morgan fingerprint density at radius 1 is 1.30 bits per heavy atom. The first-order valence-corrected chi connectivity index (χ1v) is 7.29. The lowest BCUT2D eigenvalue weighted by molar-refractivity contribution is -0.128. The van der Waals surface area contributed by atoms with Crippen molar-refractivity contribution in [1.29, 1.82) is 0 Å². The summed E-state index contributed by atoms with van der Waals surface area (Å²) in [6.07, 6.45) is 0.866. The van der Waals surface area contributed by atoms with Crippen LogP contribution in [-0.4, -0.2) is 54.3 Å². The fourth-order valence-electron chi connectivity index (χ4n) is 2.28. The highest BCUT2D eigenvalue weighted by Gasteiger charge is 2.25. The van der Waals surface area contributed by atoms with Crippen molar-refractivity contribution in [2.24, 2.45) is 0 Å². The molecule has 1 aliphatic rings. The van der Waals surface area contributed by atoms with Crippen molar-refractivity contribution in [2.75, 3.05) is 43.9 Å². The van der Waals surface area contributed by atoms with Crippen molar-refractivity contribution >= 4 is 34.2 Å². The van der Waals surface area contributed by atoms with E-state index in [2.05, 4.69) is 14.6 Å². The third-order valence-corrected chi connectivity index (χ3v) is 4.31. The van der Waals surface area contributed by atoms with Crippen molar-refractivity contribution in [3.63, 3.8) is 0 Å². The van der Waals surface area contributed by atoms with E-state index < -0.39 is 0 Å². The zero-order valence-electron chi connectivity index (χ0n) is 11.7. The van der Waals surface area contributed by atoms with E-state index in [-0.39, 0.29) is 17.6 Å². The van der Waals surface area contributed by atoms with Crippen molar-refractivity contribution in [1.82, 2.24) is 14.6 Å². The van der Waals surface area contributed by atoms with Gasteiger partial charge in [0, 0.05) is 40.2 Å². The molecule has 0 bridgehead atoms. The van der Waals surface area contributed by atoms with Gasteiger partial charge in [0.2, 0.25) is 5.91 Å². The second kappa shape index (κ2) is 6.08. The highest BCUT2D eigenvalue weighted by atomic mass is 32.1. The minimum absolute atomic E-state index is 0.0854. The summed E-state index contributed by atoms with van der Waals surface area (Å²) < 4.78 is 4.08. The summed E-state index contributed by atoms with van der Waals surface area (Å²) in [6.45, 7) is 4.45. The molecule has 7 nitrogen and oxygen atoms in total. The van der Waals surface area contributed by atoms with Crippen molar-refractivity contribution in [3.05, 3.63) is 5.56 Å². The van der Waals surface area contributed by atoms with Crippen LogP contribution < -0.4 is 16.0 Å². The third-order valence-electron chi connectivity index (χ3n) is 3.38. The van der Waals surface area contributed by atoms with Crippen LogP contribution in [0.2, 0.25) is 0 Å². The van der Waals surface area contributed by atoms with Crippen LogP contribution in [0.4, 0.5) is 10.8 Å². The first-order valence-electron chi connectivity index (χ1n) is 6.52. The number of amides is 2. The second-order valence-corrected chi connectivity index (χ2v) is 5.43. The molecule has 1 aromatic heterocycles. The molecule has 20 heavy (non-hydrogen) atoms. The Hall–Kier alpha value is -1.83. The maximum absolute atomic E-state index is 11.9. The lowest BCUT2D eigenvalue weighted by atomic mass is 10.2. The number of hydrogen-bond donors (Lipinski definition) is 2. The van der Waals surface area contributed by atoms with Gasteiger partial charge in [0.15, 0.2) is 5.82 Å². The maximum Gasteiger partial charge on any atom is 0.257 e. The van der Waals surface area contributed by atoms with Crippen LogP contribution in [0.3, 0.4) is 0 Å². The second-order valence-electron chi connectivity index (χ2n) is 4.67. The average molecular weight is 297 g/mol. The molecular formula is C12H19N5O2S. The van der Waals surface area contributed by atoms with Crippen LogP contribution in [0.25, 0.3) is 0 Å². The number of rotatable bonds is 2.